The number of nitrogens with zero attached hydrogens (tertiary/aromatic N) is 2. The predicted molar refractivity (Wildman–Crippen MR) is 79.5 cm³/mol. The van der Waals surface area contributed by atoms with Gasteiger partial charge in [0.05, 0.1) is 5.52 Å². The normalized spacial score (nSPS) is 19.2. The van der Waals surface area contributed by atoms with Crippen LogP contribution in [-0.2, 0) is 11.3 Å². The van der Waals surface area contributed by atoms with Crippen molar-refractivity contribution in [1.29, 1.82) is 0 Å². The predicted octanol–water partition coefficient (Wildman–Crippen LogP) is 1.02. The van der Waals surface area contributed by atoms with E-state index in [2.05, 4.69) is 11.4 Å². The summed E-state index contributed by atoms with van der Waals surface area (Å²) in [7, 11) is 0. The van der Waals surface area contributed by atoms with Gasteiger partial charge in [-0.05, 0) is 19.1 Å². The molecule has 2 heterocycles. The van der Waals surface area contributed by atoms with Crippen molar-refractivity contribution in [3.63, 3.8) is 0 Å². The fraction of sp³-hybridized carbons (Fsp3) is 0.333. The van der Waals surface area contributed by atoms with E-state index in [4.69, 9.17) is 10.7 Å². The van der Waals surface area contributed by atoms with Crippen molar-refractivity contribution in [1.82, 2.24) is 10.3 Å². The van der Waals surface area contributed by atoms with Gasteiger partial charge in [0.2, 0.25) is 5.91 Å². The van der Waals surface area contributed by atoms with Crippen LogP contribution in [0.15, 0.2) is 30.3 Å². The summed E-state index contributed by atoms with van der Waals surface area (Å²) in [4.78, 5) is 18.6. The third-order valence-electron chi connectivity index (χ3n) is 3.77. The lowest BCUT2D eigenvalue weighted by Gasteiger charge is -2.35. The number of carbonyl (C=O) groups is 1. The first kappa shape index (κ1) is 12.9. The minimum Gasteiger partial charge on any atom is -0.353 e. The molecular weight excluding hydrogens is 252 g/mol. The van der Waals surface area contributed by atoms with Crippen LogP contribution < -0.4 is 16.0 Å². The van der Waals surface area contributed by atoms with Gasteiger partial charge in [0.15, 0.2) is 0 Å². The molecule has 5 nitrogen and oxygen atoms in total. The molecule has 1 aliphatic rings. The molecule has 3 N–H and O–H groups in total. The van der Waals surface area contributed by atoms with Gasteiger partial charge < -0.3 is 16.0 Å². The zero-order valence-corrected chi connectivity index (χ0v) is 11.5. The molecule has 1 atom stereocenters. The van der Waals surface area contributed by atoms with Crippen molar-refractivity contribution in [2.24, 2.45) is 5.73 Å². The molecule has 1 aliphatic heterocycles. The summed E-state index contributed by atoms with van der Waals surface area (Å²) in [6.07, 6.45) is 0. The van der Waals surface area contributed by atoms with E-state index < -0.39 is 0 Å². The van der Waals surface area contributed by atoms with Crippen LogP contribution in [0.5, 0.6) is 0 Å². The number of piperazine rings is 1. The third-order valence-corrected chi connectivity index (χ3v) is 3.77. The molecule has 5 heteroatoms. The van der Waals surface area contributed by atoms with Crippen LogP contribution in [0.2, 0.25) is 0 Å². The molecule has 1 aromatic carbocycles. The molecule has 1 amide bonds. The van der Waals surface area contributed by atoms with E-state index in [-0.39, 0.29) is 11.9 Å². The molecule has 0 bridgehead atoms. The van der Waals surface area contributed by atoms with Crippen molar-refractivity contribution in [3.05, 3.63) is 35.9 Å². The van der Waals surface area contributed by atoms with Crippen molar-refractivity contribution in [2.45, 2.75) is 19.5 Å². The summed E-state index contributed by atoms with van der Waals surface area (Å²) >= 11 is 0. The average Bonchev–Trinajstić information content (AvgIpc) is 2.48. The second-order valence-electron chi connectivity index (χ2n) is 5.03. The molecule has 1 fully saturated rings. The van der Waals surface area contributed by atoms with Gasteiger partial charge in [0.1, 0.15) is 11.9 Å². The van der Waals surface area contributed by atoms with Crippen LogP contribution in [0, 0.1) is 0 Å². The first-order valence-electron chi connectivity index (χ1n) is 6.84. The van der Waals surface area contributed by atoms with Crippen molar-refractivity contribution in [2.75, 3.05) is 18.0 Å². The van der Waals surface area contributed by atoms with Crippen LogP contribution in [-0.4, -0.2) is 30.0 Å². The van der Waals surface area contributed by atoms with E-state index in [0.29, 0.717) is 13.1 Å². The van der Waals surface area contributed by atoms with Crippen LogP contribution in [0.4, 0.5) is 5.82 Å². The Morgan fingerprint density at radius 2 is 2.25 bits per heavy atom. The van der Waals surface area contributed by atoms with Gasteiger partial charge >= 0.3 is 0 Å². The standard InChI is InChI=1S/C15H18N4O/c1-10-15(20)17-6-7-19(10)14-12(9-16)8-11-4-2-3-5-13(11)18-14/h2-5,8,10H,6-7,9,16H2,1H3,(H,17,20). The Kier molecular flexibility index (Phi) is 3.28. The first-order chi connectivity index (χ1) is 9.70. The molecule has 0 radical (unpaired) electrons. The Morgan fingerprint density at radius 3 is 3.05 bits per heavy atom. The van der Waals surface area contributed by atoms with Gasteiger partial charge in [-0.1, -0.05) is 18.2 Å². The summed E-state index contributed by atoms with van der Waals surface area (Å²) in [6, 6.07) is 9.80. The van der Waals surface area contributed by atoms with E-state index in [9.17, 15) is 4.79 Å². The van der Waals surface area contributed by atoms with E-state index in [1.807, 2.05) is 36.1 Å². The molecule has 1 aromatic heterocycles. The molecule has 20 heavy (non-hydrogen) atoms. The molecule has 104 valence electrons. The molecule has 1 saturated heterocycles. The van der Waals surface area contributed by atoms with Gasteiger partial charge in [0, 0.05) is 30.6 Å². The summed E-state index contributed by atoms with van der Waals surface area (Å²) < 4.78 is 0. The van der Waals surface area contributed by atoms with Crippen LogP contribution in [0.1, 0.15) is 12.5 Å². The number of anilines is 1. The number of benzene rings is 1. The molecular formula is C15H18N4O. The Hall–Kier alpha value is -2.14. The minimum absolute atomic E-state index is 0.0363. The molecule has 1 unspecified atom stereocenters. The highest BCUT2D eigenvalue weighted by molar-refractivity contribution is 5.87. The van der Waals surface area contributed by atoms with Crippen molar-refractivity contribution < 1.29 is 4.79 Å². The fourth-order valence-electron chi connectivity index (χ4n) is 2.62. The lowest BCUT2D eigenvalue weighted by atomic mass is 10.1. The Morgan fingerprint density at radius 1 is 1.45 bits per heavy atom. The number of para-hydroxylation sites is 1. The third kappa shape index (κ3) is 2.10. The number of amides is 1. The number of hydrogen-bond donors (Lipinski definition) is 2. The Balaban J connectivity index is 2.11. The second-order valence-corrected chi connectivity index (χ2v) is 5.03. The highest BCUT2D eigenvalue weighted by Crippen LogP contribution is 2.25. The quantitative estimate of drug-likeness (QED) is 0.854. The van der Waals surface area contributed by atoms with Gasteiger partial charge in [-0.25, -0.2) is 4.98 Å². The summed E-state index contributed by atoms with van der Waals surface area (Å²) in [5.74, 6) is 0.864. The average molecular weight is 270 g/mol. The summed E-state index contributed by atoms with van der Waals surface area (Å²) in [5.41, 5.74) is 7.77. The van der Waals surface area contributed by atoms with Crippen LogP contribution >= 0.6 is 0 Å². The van der Waals surface area contributed by atoms with Crippen molar-refractivity contribution >= 4 is 22.6 Å². The molecule has 0 spiro atoms. The zero-order valence-electron chi connectivity index (χ0n) is 11.5. The van der Waals surface area contributed by atoms with Crippen LogP contribution in [0.25, 0.3) is 10.9 Å². The van der Waals surface area contributed by atoms with Gasteiger partial charge in [0.25, 0.3) is 0 Å². The summed E-state index contributed by atoms with van der Waals surface area (Å²) in [6.45, 7) is 3.70. The first-order valence-corrected chi connectivity index (χ1v) is 6.84. The van der Waals surface area contributed by atoms with Crippen LogP contribution in [0.3, 0.4) is 0 Å². The topological polar surface area (TPSA) is 71.2 Å². The number of hydrogen-bond acceptors (Lipinski definition) is 4. The lowest BCUT2D eigenvalue weighted by molar-refractivity contribution is -0.122. The Bertz CT molecular complexity index is 655. The molecule has 0 aliphatic carbocycles. The summed E-state index contributed by atoms with van der Waals surface area (Å²) in [5, 5.41) is 3.94. The number of carbonyl (C=O) groups excluding carboxylic acids is 1. The Labute approximate surface area is 117 Å². The number of nitrogens with two attached hydrogens (primary N) is 1. The molecule has 2 aromatic rings. The van der Waals surface area contributed by atoms with Gasteiger partial charge in [-0.15, -0.1) is 0 Å². The number of nitrogens with one attached hydrogen (secondary N) is 1. The highest BCUT2D eigenvalue weighted by Gasteiger charge is 2.28. The van der Waals surface area contributed by atoms with Crippen molar-refractivity contribution in [3.8, 4) is 0 Å². The van der Waals surface area contributed by atoms with E-state index in [1.165, 1.54) is 0 Å². The molecule has 0 saturated carbocycles. The number of aromatic nitrogens is 1. The smallest absolute Gasteiger partial charge is 0.242 e. The maximum Gasteiger partial charge on any atom is 0.242 e. The molecule has 3 rings (SSSR count). The van der Waals surface area contributed by atoms with Gasteiger partial charge in [-0.3, -0.25) is 4.79 Å². The second kappa shape index (κ2) is 5.09. The fourth-order valence-corrected chi connectivity index (χ4v) is 2.62. The minimum atomic E-state index is -0.220. The zero-order chi connectivity index (χ0) is 14.1. The van der Waals surface area contributed by atoms with Gasteiger partial charge in [-0.2, -0.15) is 0 Å². The number of rotatable bonds is 2. The number of fused-ring (bicyclic) bond motifs is 1. The largest absolute Gasteiger partial charge is 0.353 e. The SMILES string of the molecule is CC1C(=O)NCCN1c1nc2ccccc2cc1CN. The lowest BCUT2D eigenvalue weighted by Crippen LogP contribution is -2.54. The van der Waals surface area contributed by atoms with E-state index in [1.54, 1.807) is 0 Å². The maximum atomic E-state index is 11.8. The van der Waals surface area contributed by atoms with E-state index in [0.717, 1.165) is 28.8 Å². The highest BCUT2D eigenvalue weighted by atomic mass is 16.2. The maximum absolute atomic E-state index is 11.8. The van der Waals surface area contributed by atoms with E-state index >= 15 is 0 Å². The number of pyridine rings is 1. The monoisotopic (exact) mass is 270 g/mol.